The SMILES string of the molecule is CNC(c1ccc(Br)cc1C)c1cc(Br)c(C)cc1Br. The third-order valence-electron chi connectivity index (χ3n) is 3.42. The lowest BCUT2D eigenvalue weighted by Gasteiger charge is -2.22. The standard InChI is InChI=1S/C16H16Br3N/c1-9-6-11(17)4-5-12(9)16(20-3)13-8-14(18)10(2)7-15(13)19/h4-8,16,20H,1-3H3. The van der Waals surface area contributed by atoms with Crippen LogP contribution in [0.4, 0.5) is 0 Å². The van der Waals surface area contributed by atoms with E-state index >= 15 is 0 Å². The summed E-state index contributed by atoms with van der Waals surface area (Å²) >= 11 is 10.8. The maximum Gasteiger partial charge on any atom is 0.0588 e. The van der Waals surface area contributed by atoms with Crippen molar-refractivity contribution in [3.05, 3.63) is 66.0 Å². The lowest BCUT2D eigenvalue weighted by molar-refractivity contribution is 0.684. The van der Waals surface area contributed by atoms with Gasteiger partial charge in [0.1, 0.15) is 0 Å². The number of benzene rings is 2. The Hall–Kier alpha value is -0.160. The summed E-state index contributed by atoms with van der Waals surface area (Å²) in [4.78, 5) is 0. The van der Waals surface area contributed by atoms with E-state index in [1.807, 2.05) is 7.05 Å². The van der Waals surface area contributed by atoms with Gasteiger partial charge in [-0.1, -0.05) is 53.9 Å². The number of hydrogen-bond acceptors (Lipinski definition) is 1. The van der Waals surface area contributed by atoms with E-state index < -0.39 is 0 Å². The second-order valence-corrected chi connectivity index (χ2v) is 7.47. The highest BCUT2D eigenvalue weighted by atomic mass is 79.9. The molecule has 0 aliphatic rings. The van der Waals surface area contributed by atoms with E-state index in [1.165, 1.54) is 22.3 Å². The van der Waals surface area contributed by atoms with Crippen LogP contribution in [0.5, 0.6) is 0 Å². The zero-order chi connectivity index (χ0) is 14.9. The zero-order valence-electron chi connectivity index (χ0n) is 11.6. The van der Waals surface area contributed by atoms with Crippen LogP contribution in [-0.2, 0) is 0 Å². The first-order valence-electron chi connectivity index (χ1n) is 6.33. The molecular formula is C16H16Br3N. The van der Waals surface area contributed by atoms with Gasteiger partial charge < -0.3 is 5.32 Å². The van der Waals surface area contributed by atoms with Crippen molar-refractivity contribution in [2.45, 2.75) is 19.9 Å². The molecular weight excluding hydrogens is 446 g/mol. The molecule has 0 saturated carbocycles. The topological polar surface area (TPSA) is 12.0 Å². The minimum absolute atomic E-state index is 0.161. The summed E-state index contributed by atoms with van der Waals surface area (Å²) in [5, 5.41) is 3.42. The van der Waals surface area contributed by atoms with Crippen LogP contribution in [0.1, 0.15) is 28.3 Å². The molecule has 4 heteroatoms. The highest BCUT2D eigenvalue weighted by Crippen LogP contribution is 2.34. The van der Waals surface area contributed by atoms with Gasteiger partial charge in [0.15, 0.2) is 0 Å². The predicted molar refractivity (Wildman–Crippen MR) is 96.4 cm³/mol. The predicted octanol–water partition coefficient (Wildman–Crippen LogP) is 5.90. The lowest BCUT2D eigenvalue weighted by Crippen LogP contribution is -2.19. The molecule has 0 aliphatic carbocycles. The van der Waals surface area contributed by atoms with Gasteiger partial charge in [0.25, 0.3) is 0 Å². The van der Waals surface area contributed by atoms with Crippen LogP contribution in [0, 0.1) is 13.8 Å². The fraction of sp³-hybridized carbons (Fsp3) is 0.250. The molecule has 20 heavy (non-hydrogen) atoms. The number of aryl methyl sites for hydroxylation is 2. The minimum Gasteiger partial charge on any atom is -0.309 e. The van der Waals surface area contributed by atoms with Gasteiger partial charge in [-0.15, -0.1) is 0 Å². The van der Waals surface area contributed by atoms with Crippen molar-refractivity contribution in [3.63, 3.8) is 0 Å². The van der Waals surface area contributed by atoms with Crippen molar-refractivity contribution in [2.24, 2.45) is 0 Å². The fourth-order valence-corrected chi connectivity index (χ4v) is 3.85. The highest BCUT2D eigenvalue weighted by molar-refractivity contribution is 9.11. The Bertz CT molecular complexity index is 638. The molecule has 2 aromatic rings. The van der Waals surface area contributed by atoms with Gasteiger partial charge in [-0.3, -0.25) is 0 Å². The Labute approximate surface area is 145 Å². The van der Waals surface area contributed by atoms with Gasteiger partial charge in [-0.2, -0.15) is 0 Å². The number of rotatable bonds is 3. The molecule has 0 heterocycles. The van der Waals surface area contributed by atoms with Crippen LogP contribution in [0.15, 0.2) is 43.7 Å². The van der Waals surface area contributed by atoms with Gasteiger partial charge in [0, 0.05) is 13.4 Å². The van der Waals surface area contributed by atoms with Crippen LogP contribution in [0.25, 0.3) is 0 Å². The third kappa shape index (κ3) is 3.35. The first kappa shape index (κ1) is 16.2. The van der Waals surface area contributed by atoms with Gasteiger partial charge in [0.2, 0.25) is 0 Å². The van der Waals surface area contributed by atoms with E-state index in [2.05, 4.69) is 97.3 Å². The van der Waals surface area contributed by atoms with E-state index in [1.54, 1.807) is 0 Å². The molecule has 0 aliphatic heterocycles. The number of nitrogens with one attached hydrogen (secondary N) is 1. The van der Waals surface area contributed by atoms with Crippen molar-refractivity contribution >= 4 is 47.8 Å². The summed E-state index contributed by atoms with van der Waals surface area (Å²) in [5.74, 6) is 0. The van der Waals surface area contributed by atoms with Crippen LogP contribution < -0.4 is 5.32 Å². The molecule has 106 valence electrons. The molecule has 1 nitrogen and oxygen atoms in total. The van der Waals surface area contributed by atoms with E-state index in [4.69, 9.17) is 0 Å². The smallest absolute Gasteiger partial charge is 0.0588 e. The van der Waals surface area contributed by atoms with Gasteiger partial charge in [-0.05, 0) is 67.4 Å². The van der Waals surface area contributed by atoms with Crippen molar-refractivity contribution in [1.82, 2.24) is 5.32 Å². The summed E-state index contributed by atoms with van der Waals surface area (Å²) in [6, 6.07) is 10.9. The largest absolute Gasteiger partial charge is 0.309 e. The molecule has 0 bridgehead atoms. The van der Waals surface area contributed by atoms with Gasteiger partial charge in [0.05, 0.1) is 6.04 Å². The van der Waals surface area contributed by atoms with Crippen LogP contribution >= 0.6 is 47.8 Å². The molecule has 2 aromatic carbocycles. The average Bonchev–Trinajstić information content (AvgIpc) is 2.38. The second-order valence-electron chi connectivity index (χ2n) is 4.85. The first-order chi connectivity index (χ1) is 9.43. The van der Waals surface area contributed by atoms with E-state index in [0.29, 0.717) is 0 Å². The summed E-state index contributed by atoms with van der Waals surface area (Å²) < 4.78 is 3.36. The summed E-state index contributed by atoms with van der Waals surface area (Å²) in [6.07, 6.45) is 0. The number of halogens is 3. The summed E-state index contributed by atoms with van der Waals surface area (Å²) in [7, 11) is 1.99. The molecule has 2 rings (SSSR count). The molecule has 0 radical (unpaired) electrons. The third-order valence-corrected chi connectivity index (χ3v) is 5.45. The number of hydrogen-bond donors (Lipinski definition) is 1. The summed E-state index contributed by atoms with van der Waals surface area (Å²) in [6.45, 7) is 4.24. The Morgan fingerprint density at radius 2 is 1.55 bits per heavy atom. The van der Waals surface area contributed by atoms with Crippen LogP contribution in [0.2, 0.25) is 0 Å². The van der Waals surface area contributed by atoms with Crippen molar-refractivity contribution < 1.29 is 0 Å². The van der Waals surface area contributed by atoms with E-state index in [9.17, 15) is 0 Å². The highest BCUT2D eigenvalue weighted by Gasteiger charge is 2.18. The van der Waals surface area contributed by atoms with Crippen molar-refractivity contribution in [3.8, 4) is 0 Å². The second kappa shape index (κ2) is 6.73. The van der Waals surface area contributed by atoms with Crippen molar-refractivity contribution in [1.29, 1.82) is 0 Å². The Balaban J connectivity index is 2.55. The van der Waals surface area contributed by atoms with Crippen molar-refractivity contribution in [2.75, 3.05) is 7.05 Å². The van der Waals surface area contributed by atoms with Crippen LogP contribution in [0.3, 0.4) is 0 Å². The Kier molecular flexibility index (Phi) is 5.46. The Morgan fingerprint density at radius 1 is 0.850 bits per heavy atom. The normalized spacial score (nSPS) is 12.5. The molecule has 0 spiro atoms. The lowest BCUT2D eigenvalue weighted by atomic mass is 9.94. The molecule has 0 saturated heterocycles. The molecule has 0 fully saturated rings. The minimum atomic E-state index is 0.161. The Morgan fingerprint density at radius 3 is 2.15 bits per heavy atom. The maximum absolute atomic E-state index is 3.69. The van der Waals surface area contributed by atoms with Gasteiger partial charge >= 0.3 is 0 Å². The fourth-order valence-electron chi connectivity index (χ4n) is 2.32. The van der Waals surface area contributed by atoms with Crippen LogP contribution in [-0.4, -0.2) is 7.05 Å². The van der Waals surface area contributed by atoms with E-state index in [0.717, 1.165) is 13.4 Å². The summed E-state index contributed by atoms with van der Waals surface area (Å²) in [5.41, 5.74) is 5.01. The molecule has 0 amide bonds. The first-order valence-corrected chi connectivity index (χ1v) is 8.70. The monoisotopic (exact) mass is 459 g/mol. The molecule has 1 atom stereocenters. The van der Waals surface area contributed by atoms with Gasteiger partial charge in [-0.25, -0.2) is 0 Å². The average molecular weight is 462 g/mol. The zero-order valence-corrected chi connectivity index (χ0v) is 16.4. The molecule has 1 N–H and O–H groups in total. The maximum atomic E-state index is 3.69. The van der Waals surface area contributed by atoms with E-state index in [-0.39, 0.29) is 6.04 Å². The molecule has 0 aromatic heterocycles. The quantitative estimate of drug-likeness (QED) is 0.600. The molecule has 1 unspecified atom stereocenters.